The minimum absolute atomic E-state index is 0.290. The number of rotatable bonds is 7. The molecule has 0 bridgehead atoms. The van der Waals surface area contributed by atoms with Gasteiger partial charge in [-0.1, -0.05) is 13.0 Å². The highest BCUT2D eigenvalue weighted by molar-refractivity contribution is 5.80. The minimum atomic E-state index is 0.290. The molecule has 134 valence electrons. The van der Waals surface area contributed by atoms with Crippen LogP contribution < -0.4 is 10.6 Å². The molecule has 2 aromatic rings. The van der Waals surface area contributed by atoms with Crippen molar-refractivity contribution in [3.63, 3.8) is 0 Å². The predicted octanol–water partition coefficient (Wildman–Crippen LogP) is 1.71. The minimum Gasteiger partial charge on any atom is -0.469 e. The van der Waals surface area contributed by atoms with E-state index in [4.69, 9.17) is 4.42 Å². The molecule has 1 unspecified atom stereocenters. The van der Waals surface area contributed by atoms with Gasteiger partial charge in [0.15, 0.2) is 11.8 Å². The second-order valence-corrected chi connectivity index (χ2v) is 6.09. The number of aryl methyl sites for hydroxylation is 2. The SMILES string of the molecule is C=CCNC(=NCCc1ccco1)NC1CCc2nc(CC)nn2C1. The Hall–Kier alpha value is -2.57. The Kier molecular flexibility index (Phi) is 5.87. The lowest BCUT2D eigenvalue weighted by molar-refractivity contribution is 0.392. The van der Waals surface area contributed by atoms with Crippen molar-refractivity contribution in [2.75, 3.05) is 13.1 Å². The first-order valence-corrected chi connectivity index (χ1v) is 8.89. The summed E-state index contributed by atoms with van der Waals surface area (Å²) in [6.45, 7) is 8.00. The third kappa shape index (κ3) is 4.71. The summed E-state index contributed by atoms with van der Waals surface area (Å²) in [4.78, 5) is 9.21. The van der Waals surface area contributed by atoms with E-state index in [1.54, 1.807) is 6.26 Å². The maximum atomic E-state index is 5.35. The van der Waals surface area contributed by atoms with Crippen molar-refractivity contribution >= 4 is 5.96 Å². The lowest BCUT2D eigenvalue weighted by Crippen LogP contribution is -2.47. The topological polar surface area (TPSA) is 80.3 Å². The van der Waals surface area contributed by atoms with Crippen molar-refractivity contribution in [3.05, 3.63) is 48.5 Å². The molecular weight excluding hydrogens is 316 g/mol. The van der Waals surface area contributed by atoms with Crippen LogP contribution in [0.2, 0.25) is 0 Å². The van der Waals surface area contributed by atoms with Gasteiger partial charge in [-0.15, -0.1) is 6.58 Å². The molecule has 3 rings (SSSR count). The number of nitrogens with zero attached hydrogens (tertiary/aromatic N) is 4. The molecule has 2 N–H and O–H groups in total. The quantitative estimate of drug-likeness (QED) is 0.455. The molecule has 0 aliphatic carbocycles. The van der Waals surface area contributed by atoms with Gasteiger partial charge in [0.25, 0.3) is 0 Å². The third-order valence-electron chi connectivity index (χ3n) is 4.18. The Morgan fingerprint density at radius 1 is 1.56 bits per heavy atom. The number of aliphatic imine (C=N–C) groups is 1. The summed E-state index contributed by atoms with van der Waals surface area (Å²) in [5.74, 6) is 3.76. The largest absolute Gasteiger partial charge is 0.469 e. The zero-order valence-electron chi connectivity index (χ0n) is 14.7. The molecule has 1 aliphatic heterocycles. The fraction of sp³-hybridized carbons (Fsp3) is 0.500. The van der Waals surface area contributed by atoms with Crippen LogP contribution in [-0.2, 0) is 25.8 Å². The highest BCUT2D eigenvalue weighted by atomic mass is 16.3. The van der Waals surface area contributed by atoms with Gasteiger partial charge < -0.3 is 15.1 Å². The number of nitrogens with one attached hydrogen (secondary N) is 2. The molecule has 2 aromatic heterocycles. The van der Waals surface area contributed by atoms with E-state index in [9.17, 15) is 0 Å². The Labute approximate surface area is 148 Å². The van der Waals surface area contributed by atoms with Gasteiger partial charge in [-0.05, 0) is 18.6 Å². The zero-order valence-corrected chi connectivity index (χ0v) is 14.7. The summed E-state index contributed by atoms with van der Waals surface area (Å²) in [5, 5.41) is 11.4. The smallest absolute Gasteiger partial charge is 0.191 e. The molecule has 0 spiro atoms. The van der Waals surface area contributed by atoms with Gasteiger partial charge in [-0.2, -0.15) is 5.10 Å². The van der Waals surface area contributed by atoms with E-state index in [0.717, 1.165) is 55.6 Å². The number of aromatic nitrogens is 3. The lowest BCUT2D eigenvalue weighted by Gasteiger charge is -2.25. The van der Waals surface area contributed by atoms with Crippen LogP contribution in [0.25, 0.3) is 0 Å². The van der Waals surface area contributed by atoms with E-state index in [2.05, 4.69) is 39.2 Å². The molecule has 0 aromatic carbocycles. The zero-order chi connectivity index (χ0) is 17.5. The molecule has 0 fully saturated rings. The van der Waals surface area contributed by atoms with Crippen molar-refractivity contribution in [3.8, 4) is 0 Å². The molecule has 1 atom stereocenters. The number of furan rings is 1. The summed E-state index contributed by atoms with van der Waals surface area (Å²) >= 11 is 0. The van der Waals surface area contributed by atoms with Crippen LogP contribution >= 0.6 is 0 Å². The molecule has 0 saturated carbocycles. The summed E-state index contributed by atoms with van der Waals surface area (Å²) in [7, 11) is 0. The van der Waals surface area contributed by atoms with Crippen molar-refractivity contribution in [2.45, 2.75) is 45.2 Å². The van der Waals surface area contributed by atoms with Gasteiger partial charge in [0, 0.05) is 38.4 Å². The van der Waals surface area contributed by atoms with E-state index < -0.39 is 0 Å². The van der Waals surface area contributed by atoms with Crippen molar-refractivity contribution in [1.29, 1.82) is 0 Å². The van der Waals surface area contributed by atoms with Crippen molar-refractivity contribution < 1.29 is 4.42 Å². The van der Waals surface area contributed by atoms with Crippen LogP contribution in [0.3, 0.4) is 0 Å². The molecule has 3 heterocycles. The van der Waals surface area contributed by atoms with E-state index in [0.29, 0.717) is 19.1 Å². The first kappa shape index (κ1) is 17.3. The summed E-state index contributed by atoms with van der Waals surface area (Å²) in [6.07, 6.45) is 7.13. The monoisotopic (exact) mass is 342 g/mol. The molecule has 7 nitrogen and oxygen atoms in total. The molecule has 0 radical (unpaired) electrons. The number of fused-ring (bicyclic) bond motifs is 1. The fourth-order valence-corrected chi connectivity index (χ4v) is 2.88. The standard InChI is InChI=1S/C18H26N6O/c1-3-10-19-18(20-11-9-15-6-5-12-25-15)21-14-7-8-17-22-16(4-2)23-24(17)13-14/h3,5-6,12,14H,1,4,7-11,13H2,2H3,(H2,19,20,21). The Bertz CT molecular complexity index is 703. The molecule has 1 aliphatic rings. The van der Waals surface area contributed by atoms with Gasteiger partial charge >= 0.3 is 0 Å². The van der Waals surface area contributed by atoms with Crippen LogP contribution in [0.1, 0.15) is 30.8 Å². The number of hydrogen-bond acceptors (Lipinski definition) is 4. The van der Waals surface area contributed by atoms with Crippen LogP contribution in [0, 0.1) is 0 Å². The van der Waals surface area contributed by atoms with E-state index in [1.165, 1.54) is 0 Å². The molecule has 7 heteroatoms. The Morgan fingerprint density at radius 2 is 2.48 bits per heavy atom. The van der Waals surface area contributed by atoms with Crippen LogP contribution in [0.4, 0.5) is 0 Å². The second-order valence-electron chi connectivity index (χ2n) is 6.09. The maximum Gasteiger partial charge on any atom is 0.191 e. The normalized spacial score (nSPS) is 17.2. The highest BCUT2D eigenvalue weighted by Gasteiger charge is 2.22. The first-order valence-electron chi connectivity index (χ1n) is 8.89. The summed E-state index contributed by atoms with van der Waals surface area (Å²) in [5.41, 5.74) is 0. The molecule has 25 heavy (non-hydrogen) atoms. The van der Waals surface area contributed by atoms with Gasteiger partial charge in [-0.25, -0.2) is 9.67 Å². The molecule has 0 saturated heterocycles. The number of hydrogen-bond donors (Lipinski definition) is 2. The van der Waals surface area contributed by atoms with Crippen molar-refractivity contribution in [2.24, 2.45) is 4.99 Å². The van der Waals surface area contributed by atoms with Gasteiger partial charge in [0.05, 0.1) is 12.8 Å². The van der Waals surface area contributed by atoms with Gasteiger partial charge in [0.2, 0.25) is 0 Å². The van der Waals surface area contributed by atoms with Crippen molar-refractivity contribution in [1.82, 2.24) is 25.4 Å². The molecular formula is C18H26N6O. The Morgan fingerprint density at radius 3 is 3.24 bits per heavy atom. The average Bonchev–Trinajstić information content (AvgIpc) is 3.28. The third-order valence-corrected chi connectivity index (χ3v) is 4.18. The lowest BCUT2D eigenvalue weighted by atomic mass is 10.1. The predicted molar refractivity (Wildman–Crippen MR) is 97.6 cm³/mol. The van der Waals surface area contributed by atoms with Gasteiger partial charge in [-0.3, -0.25) is 4.99 Å². The average molecular weight is 342 g/mol. The summed E-state index contributed by atoms with van der Waals surface area (Å²) < 4.78 is 7.38. The van der Waals surface area contributed by atoms with E-state index >= 15 is 0 Å². The van der Waals surface area contributed by atoms with Crippen LogP contribution in [0.5, 0.6) is 0 Å². The number of guanidine groups is 1. The maximum absolute atomic E-state index is 5.35. The molecule has 0 amide bonds. The fourth-order valence-electron chi connectivity index (χ4n) is 2.88. The second kappa shape index (κ2) is 8.50. The Balaban J connectivity index is 1.58. The summed E-state index contributed by atoms with van der Waals surface area (Å²) in [6, 6.07) is 4.16. The van der Waals surface area contributed by atoms with E-state index in [1.807, 2.05) is 22.9 Å². The first-order chi connectivity index (χ1) is 12.3. The van der Waals surface area contributed by atoms with Gasteiger partial charge in [0.1, 0.15) is 11.6 Å². The van der Waals surface area contributed by atoms with Crippen LogP contribution in [-0.4, -0.2) is 39.9 Å². The highest BCUT2D eigenvalue weighted by Crippen LogP contribution is 2.13. The van der Waals surface area contributed by atoms with Crippen LogP contribution in [0.15, 0.2) is 40.5 Å². The van der Waals surface area contributed by atoms with E-state index in [-0.39, 0.29) is 0 Å².